The molecule has 1 saturated carbocycles. The van der Waals surface area contributed by atoms with E-state index >= 15 is 0 Å². The Morgan fingerprint density at radius 1 is 1.27 bits per heavy atom. The lowest BCUT2D eigenvalue weighted by atomic mass is 10.3. The first kappa shape index (κ1) is 7.74. The average Bonchev–Trinajstić information content (AvgIpc) is 2.77. The van der Waals surface area contributed by atoms with Gasteiger partial charge in [-0.2, -0.15) is 0 Å². The van der Waals surface area contributed by atoms with Crippen LogP contribution in [0.2, 0.25) is 0 Å². The summed E-state index contributed by atoms with van der Waals surface area (Å²) in [4.78, 5) is 4.40. The van der Waals surface area contributed by atoms with Gasteiger partial charge in [0.25, 0.3) is 0 Å². The molecule has 1 fully saturated rings. The molecule has 1 heterocycles. The van der Waals surface area contributed by atoms with Crippen molar-refractivity contribution in [1.29, 1.82) is 0 Å². The predicted octanol–water partition coefficient (Wildman–Crippen LogP) is 3.48. The van der Waals surface area contributed by atoms with Crippen LogP contribution in [0.25, 0.3) is 0 Å². The van der Waals surface area contributed by atoms with Gasteiger partial charge in [-0.1, -0.05) is 0 Å². The maximum Gasteiger partial charge on any atom is 0.120 e. The van der Waals surface area contributed by atoms with E-state index in [4.69, 9.17) is 0 Å². The Morgan fingerprint density at radius 2 is 2.00 bits per heavy atom. The molecule has 0 unspecified atom stereocenters. The second-order valence-corrected chi connectivity index (χ2v) is 4.39. The normalized spacial score (nSPS) is 16.9. The van der Waals surface area contributed by atoms with Crippen LogP contribution >= 0.6 is 31.9 Å². The summed E-state index contributed by atoms with van der Waals surface area (Å²) in [5.74, 6) is 0.736. The summed E-state index contributed by atoms with van der Waals surface area (Å²) in [6.07, 6.45) is 2.61. The molecule has 1 aromatic rings. The summed E-state index contributed by atoms with van der Waals surface area (Å²) >= 11 is 6.77. The van der Waals surface area contributed by atoms with E-state index < -0.39 is 0 Å². The van der Waals surface area contributed by atoms with Gasteiger partial charge in [0, 0.05) is 11.6 Å². The van der Waals surface area contributed by atoms with Gasteiger partial charge < -0.3 is 0 Å². The molecule has 0 bridgehead atoms. The predicted molar refractivity (Wildman–Crippen MR) is 51.6 cm³/mol. The minimum Gasteiger partial charge on any atom is -0.244 e. The van der Waals surface area contributed by atoms with Crippen LogP contribution in [0.4, 0.5) is 0 Å². The number of halogens is 2. The fourth-order valence-electron chi connectivity index (χ4n) is 1.04. The Kier molecular flexibility index (Phi) is 2.02. The van der Waals surface area contributed by atoms with E-state index in [-0.39, 0.29) is 0 Å². The van der Waals surface area contributed by atoms with E-state index in [2.05, 4.69) is 42.9 Å². The molecule has 1 aliphatic rings. The van der Waals surface area contributed by atoms with Crippen LogP contribution < -0.4 is 0 Å². The summed E-state index contributed by atoms with van der Waals surface area (Å²) in [6, 6.07) is 4.14. The highest BCUT2D eigenvalue weighted by molar-refractivity contribution is 9.13. The summed E-state index contributed by atoms with van der Waals surface area (Å²) in [5, 5.41) is 0. The molecule has 0 N–H and O–H groups in total. The fourth-order valence-corrected chi connectivity index (χ4v) is 1.60. The van der Waals surface area contributed by atoms with Gasteiger partial charge in [0.1, 0.15) is 4.60 Å². The van der Waals surface area contributed by atoms with Crippen LogP contribution in [-0.2, 0) is 0 Å². The van der Waals surface area contributed by atoms with Crippen LogP contribution in [0.1, 0.15) is 24.5 Å². The zero-order valence-corrected chi connectivity index (χ0v) is 9.02. The third kappa shape index (κ3) is 1.64. The lowest BCUT2D eigenvalue weighted by Crippen LogP contribution is -1.86. The van der Waals surface area contributed by atoms with Crippen LogP contribution in [0.5, 0.6) is 0 Å². The first-order valence-corrected chi connectivity index (χ1v) is 5.18. The summed E-state index contributed by atoms with van der Waals surface area (Å²) in [7, 11) is 0. The second kappa shape index (κ2) is 2.87. The zero-order valence-electron chi connectivity index (χ0n) is 5.85. The number of nitrogens with zero attached hydrogens (tertiary/aromatic N) is 1. The van der Waals surface area contributed by atoms with Crippen molar-refractivity contribution in [3.63, 3.8) is 0 Å². The van der Waals surface area contributed by atoms with Gasteiger partial charge in [-0.25, -0.2) is 4.98 Å². The van der Waals surface area contributed by atoms with E-state index in [0.717, 1.165) is 15.0 Å². The third-order valence-electron chi connectivity index (χ3n) is 1.82. The molecule has 2 rings (SSSR count). The molecule has 1 aliphatic carbocycles. The number of aromatic nitrogens is 1. The number of hydrogen-bond donors (Lipinski definition) is 0. The van der Waals surface area contributed by atoms with Crippen LogP contribution in [0.3, 0.4) is 0 Å². The second-order valence-electron chi connectivity index (χ2n) is 2.78. The average molecular weight is 277 g/mol. The van der Waals surface area contributed by atoms with Gasteiger partial charge in [-0.15, -0.1) is 0 Å². The van der Waals surface area contributed by atoms with E-state index in [9.17, 15) is 0 Å². The highest BCUT2D eigenvalue weighted by atomic mass is 79.9. The van der Waals surface area contributed by atoms with Gasteiger partial charge >= 0.3 is 0 Å². The lowest BCUT2D eigenvalue weighted by Gasteiger charge is -1.98. The number of pyridine rings is 1. The molecule has 1 aromatic heterocycles. The SMILES string of the molecule is Brc1ccc(C2CC2)nc1Br. The van der Waals surface area contributed by atoms with Crippen molar-refractivity contribution in [1.82, 2.24) is 4.98 Å². The Morgan fingerprint density at radius 3 is 2.55 bits per heavy atom. The molecule has 0 spiro atoms. The number of hydrogen-bond acceptors (Lipinski definition) is 1. The van der Waals surface area contributed by atoms with E-state index in [1.54, 1.807) is 0 Å². The maximum atomic E-state index is 4.40. The van der Waals surface area contributed by atoms with Gasteiger partial charge in [0.2, 0.25) is 0 Å². The molecule has 0 atom stereocenters. The summed E-state index contributed by atoms with van der Waals surface area (Å²) < 4.78 is 1.95. The largest absolute Gasteiger partial charge is 0.244 e. The van der Waals surface area contributed by atoms with E-state index in [0.29, 0.717) is 0 Å². The number of rotatable bonds is 1. The molecule has 11 heavy (non-hydrogen) atoms. The molecule has 0 radical (unpaired) electrons. The van der Waals surface area contributed by atoms with Crippen molar-refractivity contribution in [3.8, 4) is 0 Å². The third-order valence-corrected chi connectivity index (χ3v) is 3.60. The van der Waals surface area contributed by atoms with Crippen LogP contribution in [0, 0.1) is 0 Å². The van der Waals surface area contributed by atoms with Gasteiger partial charge in [-0.3, -0.25) is 0 Å². The fraction of sp³-hybridized carbons (Fsp3) is 0.375. The van der Waals surface area contributed by atoms with Crippen molar-refractivity contribution >= 4 is 31.9 Å². The van der Waals surface area contributed by atoms with Crippen molar-refractivity contribution in [2.75, 3.05) is 0 Å². The summed E-state index contributed by atoms with van der Waals surface area (Å²) in [5.41, 5.74) is 1.22. The molecule has 0 aromatic carbocycles. The highest BCUT2D eigenvalue weighted by Gasteiger charge is 2.25. The van der Waals surface area contributed by atoms with Crippen LogP contribution in [0.15, 0.2) is 21.2 Å². The topological polar surface area (TPSA) is 12.9 Å². The molecule has 58 valence electrons. The molecular formula is C8H7Br2N. The first-order valence-electron chi connectivity index (χ1n) is 3.59. The molecule has 3 heteroatoms. The zero-order chi connectivity index (χ0) is 7.84. The van der Waals surface area contributed by atoms with Crippen LogP contribution in [-0.4, -0.2) is 4.98 Å². The Balaban J connectivity index is 2.36. The smallest absolute Gasteiger partial charge is 0.120 e. The Hall–Kier alpha value is 0.110. The maximum absolute atomic E-state index is 4.40. The molecule has 0 saturated heterocycles. The van der Waals surface area contributed by atoms with Crippen molar-refractivity contribution in [2.24, 2.45) is 0 Å². The monoisotopic (exact) mass is 275 g/mol. The van der Waals surface area contributed by atoms with Crippen molar-refractivity contribution < 1.29 is 0 Å². The Labute approximate surface area is 82.5 Å². The first-order chi connectivity index (χ1) is 5.27. The Bertz CT molecular complexity index is 281. The minimum absolute atomic E-state index is 0.736. The van der Waals surface area contributed by atoms with Crippen molar-refractivity contribution in [3.05, 3.63) is 26.9 Å². The standard InChI is InChI=1S/C8H7Br2N/c9-6-3-4-7(5-1-2-5)11-8(6)10/h3-5H,1-2H2. The molecule has 0 amide bonds. The van der Waals surface area contributed by atoms with Gasteiger partial charge in [0.15, 0.2) is 0 Å². The molecule has 1 nitrogen and oxygen atoms in total. The van der Waals surface area contributed by atoms with E-state index in [1.807, 2.05) is 6.07 Å². The summed E-state index contributed by atoms with van der Waals surface area (Å²) in [6.45, 7) is 0. The molecule has 0 aliphatic heterocycles. The quantitative estimate of drug-likeness (QED) is 0.716. The van der Waals surface area contributed by atoms with Gasteiger partial charge in [0.05, 0.1) is 4.47 Å². The van der Waals surface area contributed by atoms with Gasteiger partial charge in [-0.05, 0) is 56.8 Å². The lowest BCUT2D eigenvalue weighted by molar-refractivity contribution is 1.00. The highest BCUT2D eigenvalue weighted by Crippen LogP contribution is 2.39. The van der Waals surface area contributed by atoms with Crippen molar-refractivity contribution in [2.45, 2.75) is 18.8 Å². The minimum atomic E-state index is 0.736. The van der Waals surface area contributed by atoms with E-state index in [1.165, 1.54) is 18.5 Å². The molecular weight excluding hydrogens is 270 g/mol.